The van der Waals surface area contributed by atoms with Crippen molar-refractivity contribution in [1.29, 1.82) is 0 Å². The van der Waals surface area contributed by atoms with Crippen molar-refractivity contribution in [2.45, 2.75) is 122 Å². The standard InChI is InChI=1S/C33H52N2O9Si/c1-12-16-25-19-20-33(35(25)30(39)40-9,28(37)41-21-24-17-14-13-15-18-24)27(43-23(2)36)26(34-29(38)44-31(3,4)5)22-42-45(10,11)32(6,7)8/h12-15,17-18,25-27H,1,16,19-22H2,2-11H3,(H,34,38)/t25-,26+,27-,33+/m0/s1. The first-order valence-corrected chi connectivity index (χ1v) is 18.2. The molecule has 2 rings (SSSR count). The lowest BCUT2D eigenvalue weighted by Gasteiger charge is -2.45. The Bertz CT molecular complexity index is 1190. The zero-order valence-electron chi connectivity index (χ0n) is 28.6. The maximum absolute atomic E-state index is 14.5. The van der Waals surface area contributed by atoms with E-state index < -0.39 is 61.8 Å². The molecule has 1 aliphatic heterocycles. The van der Waals surface area contributed by atoms with E-state index in [1.54, 1.807) is 39.0 Å². The van der Waals surface area contributed by atoms with Crippen molar-refractivity contribution < 1.29 is 42.6 Å². The number of likely N-dealkylation sites (tertiary alicyclic amines) is 1. The van der Waals surface area contributed by atoms with E-state index in [1.807, 2.05) is 31.3 Å². The van der Waals surface area contributed by atoms with Gasteiger partial charge in [0.25, 0.3) is 0 Å². The first-order chi connectivity index (χ1) is 20.8. The summed E-state index contributed by atoms with van der Waals surface area (Å²) in [6, 6.07) is 7.42. The van der Waals surface area contributed by atoms with Gasteiger partial charge in [-0.3, -0.25) is 9.69 Å². The minimum Gasteiger partial charge on any atom is -0.459 e. The quantitative estimate of drug-likeness (QED) is 0.123. The molecule has 1 aromatic rings. The second kappa shape index (κ2) is 15.3. The molecule has 0 saturated carbocycles. The van der Waals surface area contributed by atoms with Gasteiger partial charge in [-0.15, -0.1) is 6.58 Å². The van der Waals surface area contributed by atoms with Crippen LogP contribution < -0.4 is 5.32 Å². The van der Waals surface area contributed by atoms with Crippen molar-refractivity contribution in [2.24, 2.45) is 0 Å². The van der Waals surface area contributed by atoms with Gasteiger partial charge in [-0.05, 0) is 63.7 Å². The lowest BCUT2D eigenvalue weighted by atomic mass is 9.84. The fourth-order valence-electron chi connectivity index (χ4n) is 5.10. The number of benzene rings is 1. The van der Waals surface area contributed by atoms with E-state index in [2.05, 4.69) is 32.7 Å². The highest BCUT2D eigenvalue weighted by atomic mass is 28.4. The first-order valence-electron chi connectivity index (χ1n) is 15.3. The second-order valence-corrected chi connectivity index (χ2v) is 18.7. The minimum absolute atomic E-state index is 0.0543. The highest BCUT2D eigenvalue weighted by Gasteiger charge is 2.64. The number of amides is 2. The molecule has 252 valence electrons. The molecule has 0 aliphatic carbocycles. The van der Waals surface area contributed by atoms with Gasteiger partial charge >= 0.3 is 24.1 Å². The maximum Gasteiger partial charge on any atom is 0.410 e. The summed E-state index contributed by atoms with van der Waals surface area (Å²) in [5.74, 6) is -1.53. The molecule has 0 radical (unpaired) electrons. The third kappa shape index (κ3) is 9.80. The third-order valence-corrected chi connectivity index (χ3v) is 12.8. The Kier molecular flexibility index (Phi) is 12.8. The summed E-state index contributed by atoms with van der Waals surface area (Å²) >= 11 is 0. The van der Waals surface area contributed by atoms with Gasteiger partial charge in [-0.2, -0.15) is 0 Å². The molecule has 1 saturated heterocycles. The summed E-state index contributed by atoms with van der Waals surface area (Å²) in [6.07, 6.45) is -0.676. The summed E-state index contributed by atoms with van der Waals surface area (Å²) in [7, 11) is -1.23. The fourth-order valence-corrected chi connectivity index (χ4v) is 6.13. The summed E-state index contributed by atoms with van der Waals surface area (Å²) in [5, 5.41) is 2.61. The molecule has 4 atom stereocenters. The SMILES string of the molecule is C=CC[C@H]1CC[C@](C(=O)OCc2ccccc2)([C@@H](OC(C)=O)[C@@H](CO[Si](C)(C)C(C)(C)C)NC(=O)OC(C)(C)C)N1C(=O)OC. The van der Waals surface area contributed by atoms with Gasteiger partial charge in [0.15, 0.2) is 20.0 Å². The van der Waals surface area contributed by atoms with E-state index in [-0.39, 0.29) is 24.7 Å². The molecule has 45 heavy (non-hydrogen) atoms. The van der Waals surface area contributed by atoms with Gasteiger partial charge in [0, 0.05) is 13.0 Å². The second-order valence-electron chi connectivity index (χ2n) is 13.9. The number of carbonyl (C=O) groups is 4. The highest BCUT2D eigenvalue weighted by molar-refractivity contribution is 6.74. The van der Waals surface area contributed by atoms with Crippen molar-refractivity contribution in [1.82, 2.24) is 10.2 Å². The number of methoxy groups -OCH3 is 1. The number of esters is 2. The number of hydrogen-bond acceptors (Lipinski definition) is 9. The Morgan fingerprint density at radius 3 is 2.24 bits per heavy atom. The van der Waals surface area contributed by atoms with Crippen LogP contribution in [0.25, 0.3) is 0 Å². The van der Waals surface area contributed by atoms with Crippen LogP contribution in [-0.4, -0.2) is 80.4 Å². The molecule has 0 unspecified atom stereocenters. The lowest BCUT2D eigenvalue weighted by Crippen LogP contribution is -2.69. The topological polar surface area (TPSA) is 130 Å². The number of carbonyl (C=O) groups excluding carboxylic acids is 4. The Balaban J connectivity index is 2.77. The van der Waals surface area contributed by atoms with Crippen LogP contribution in [-0.2, 0) is 39.6 Å². The van der Waals surface area contributed by atoms with Crippen LogP contribution in [0, 0.1) is 0 Å². The van der Waals surface area contributed by atoms with Gasteiger partial charge in [-0.1, -0.05) is 57.2 Å². The number of nitrogens with zero attached hydrogens (tertiary/aromatic N) is 1. The van der Waals surface area contributed by atoms with Crippen molar-refractivity contribution in [3.05, 3.63) is 48.6 Å². The Morgan fingerprint density at radius 2 is 1.73 bits per heavy atom. The van der Waals surface area contributed by atoms with Crippen LogP contribution in [0.1, 0.15) is 73.3 Å². The molecular formula is C33H52N2O9Si. The average Bonchev–Trinajstić information content (AvgIpc) is 3.31. The predicted molar refractivity (Wildman–Crippen MR) is 173 cm³/mol. The van der Waals surface area contributed by atoms with E-state index in [4.69, 9.17) is 23.4 Å². The summed E-state index contributed by atoms with van der Waals surface area (Å²) in [4.78, 5) is 55.3. The monoisotopic (exact) mass is 648 g/mol. The normalized spacial score (nSPS) is 20.0. The molecule has 2 amide bonds. The predicted octanol–water partition coefficient (Wildman–Crippen LogP) is 6.12. The minimum atomic E-state index is -2.44. The summed E-state index contributed by atoms with van der Waals surface area (Å²) in [5.41, 5.74) is -2.02. The molecule has 11 nitrogen and oxygen atoms in total. The molecule has 1 aromatic carbocycles. The van der Waals surface area contributed by atoms with Gasteiger partial charge in [0.2, 0.25) is 0 Å². The fraction of sp³-hybridized carbons (Fsp3) is 0.636. The zero-order valence-corrected chi connectivity index (χ0v) is 29.6. The largest absolute Gasteiger partial charge is 0.459 e. The molecule has 1 aliphatic rings. The first kappa shape index (κ1) is 37.8. The third-order valence-electron chi connectivity index (χ3n) is 8.29. The van der Waals surface area contributed by atoms with Crippen molar-refractivity contribution in [3.63, 3.8) is 0 Å². The number of rotatable bonds is 12. The molecule has 1 heterocycles. The molecule has 1 fully saturated rings. The number of ether oxygens (including phenoxy) is 4. The van der Waals surface area contributed by atoms with E-state index >= 15 is 0 Å². The van der Waals surface area contributed by atoms with E-state index in [9.17, 15) is 19.2 Å². The molecular weight excluding hydrogens is 596 g/mol. The van der Waals surface area contributed by atoms with Crippen molar-refractivity contribution in [2.75, 3.05) is 13.7 Å². The molecule has 0 bridgehead atoms. The Morgan fingerprint density at radius 1 is 1.11 bits per heavy atom. The van der Waals surface area contributed by atoms with Crippen LogP contribution in [0.15, 0.2) is 43.0 Å². The number of nitrogens with one attached hydrogen (secondary N) is 1. The van der Waals surface area contributed by atoms with Crippen molar-refractivity contribution in [3.8, 4) is 0 Å². The van der Waals surface area contributed by atoms with Crippen LogP contribution in [0.5, 0.6) is 0 Å². The van der Waals surface area contributed by atoms with Gasteiger partial charge < -0.3 is 28.7 Å². The summed E-state index contributed by atoms with van der Waals surface area (Å²) in [6.45, 7) is 20.2. The van der Waals surface area contributed by atoms with Gasteiger partial charge in [0.1, 0.15) is 12.2 Å². The van der Waals surface area contributed by atoms with Crippen LogP contribution in [0.2, 0.25) is 18.1 Å². The van der Waals surface area contributed by atoms with Crippen LogP contribution in [0.4, 0.5) is 9.59 Å². The summed E-state index contributed by atoms with van der Waals surface area (Å²) < 4.78 is 29.1. The zero-order chi connectivity index (χ0) is 34.2. The molecule has 12 heteroatoms. The number of hydrogen-bond donors (Lipinski definition) is 1. The molecule has 0 spiro atoms. The van der Waals surface area contributed by atoms with Crippen molar-refractivity contribution >= 4 is 32.4 Å². The smallest absolute Gasteiger partial charge is 0.410 e. The van der Waals surface area contributed by atoms with Crippen LogP contribution >= 0.6 is 0 Å². The number of alkyl carbamates (subject to hydrolysis) is 1. The molecule has 0 aromatic heterocycles. The average molecular weight is 649 g/mol. The van der Waals surface area contributed by atoms with Gasteiger partial charge in [0.05, 0.1) is 19.8 Å². The Hall–Kier alpha value is -3.38. The molecule has 1 N–H and O–H groups in total. The Labute approximate surface area is 269 Å². The van der Waals surface area contributed by atoms with Gasteiger partial charge in [-0.25, -0.2) is 14.4 Å². The lowest BCUT2D eigenvalue weighted by molar-refractivity contribution is -0.177. The van der Waals surface area contributed by atoms with Crippen LogP contribution in [0.3, 0.4) is 0 Å². The van der Waals surface area contributed by atoms with E-state index in [0.717, 1.165) is 5.56 Å². The van der Waals surface area contributed by atoms with E-state index in [0.29, 0.717) is 12.8 Å². The highest BCUT2D eigenvalue weighted by Crippen LogP contribution is 2.43. The van der Waals surface area contributed by atoms with E-state index in [1.165, 1.54) is 18.9 Å². The maximum atomic E-state index is 14.5.